The quantitative estimate of drug-likeness (QED) is 0.499. The van der Waals surface area contributed by atoms with Gasteiger partial charge in [0.2, 0.25) is 0 Å². The molecule has 0 aromatic heterocycles. The highest BCUT2D eigenvalue weighted by Crippen LogP contribution is 2.44. The Morgan fingerprint density at radius 1 is 0.880 bits per heavy atom. The fourth-order valence-electron chi connectivity index (χ4n) is 5.29. The summed E-state index contributed by atoms with van der Waals surface area (Å²) in [6, 6.07) is 9.39. The van der Waals surface area contributed by atoms with E-state index >= 15 is 0 Å². The molecule has 138 valence electrons. The van der Waals surface area contributed by atoms with Gasteiger partial charge in [-0.05, 0) is 92.6 Å². The Bertz CT molecular complexity index is 514. The third-order valence-electron chi connectivity index (χ3n) is 7.02. The van der Waals surface area contributed by atoms with Crippen LogP contribution in [0.2, 0.25) is 0 Å². The second-order valence-corrected chi connectivity index (χ2v) is 8.43. The molecule has 1 aromatic carbocycles. The molecule has 0 aliphatic heterocycles. The Balaban J connectivity index is 1.42. The van der Waals surface area contributed by atoms with Gasteiger partial charge >= 0.3 is 0 Å². The summed E-state index contributed by atoms with van der Waals surface area (Å²) in [7, 11) is 0. The first kappa shape index (κ1) is 18.7. The molecule has 0 unspecified atom stereocenters. The number of allylic oxidation sites excluding steroid dienone is 1. The number of halogens is 1. The minimum absolute atomic E-state index is 0.708. The highest BCUT2D eigenvalue weighted by molar-refractivity contribution is 5.25. The van der Waals surface area contributed by atoms with E-state index in [1.165, 1.54) is 63.4 Å². The first-order chi connectivity index (χ1) is 12.3. The average Bonchev–Trinajstić information content (AvgIpc) is 2.69. The number of benzene rings is 1. The third-order valence-corrected chi connectivity index (χ3v) is 7.02. The van der Waals surface area contributed by atoms with Crippen LogP contribution >= 0.6 is 0 Å². The second-order valence-electron chi connectivity index (χ2n) is 8.43. The van der Waals surface area contributed by atoms with Gasteiger partial charge in [0.25, 0.3) is 0 Å². The molecule has 0 bridgehead atoms. The number of aryl methyl sites for hydroxylation is 1. The van der Waals surface area contributed by atoms with Crippen LogP contribution < -0.4 is 0 Å². The lowest BCUT2D eigenvalue weighted by molar-refractivity contribution is 0.157. The maximum absolute atomic E-state index is 12.1. The summed E-state index contributed by atoms with van der Waals surface area (Å²) in [6.07, 6.45) is 16.9. The molecule has 0 N–H and O–H groups in total. The minimum atomic E-state index is 0.708. The van der Waals surface area contributed by atoms with Crippen molar-refractivity contribution in [3.8, 4) is 0 Å². The van der Waals surface area contributed by atoms with E-state index in [0.29, 0.717) is 6.33 Å². The van der Waals surface area contributed by atoms with Gasteiger partial charge in [-0.15, -0.1) is 0 Å². The molecule has 0 atom stereocenters. The van der Waals surface area contributed by atoms with Crippen LogP contribution in [0.4, 0.5) is 4.39 Å². The minimum Gasteiger partial charge on any atom is -0.216 e. The van der Waals surface area contributed by atoms with Gasteiger partial charge in [0.05, 0.1) is 6.33 Å². The molecule has 0 nitrogen and oxygen atoms in total. The highest BCUT2D eigenvalue weighted by Gasteiger charge is 2.31. The van der Waals surface area contributed by atoms with Crippen molar-refractivity contribution in [2.24, 2.45) is 17.8 Å². The van der Waals surface area contributed by atoms with Gasteiger partial charge in [0, 0.05) is 0 Å². The number of hydrogen-bond donors (Lipinski definition) is 0. The fraction of sp³-hybridized carbons (Fsp3) is 0.667. The van der Waals surface area contributed by atoms with Crippen LogP contribution in [0.15, 0.2) is 36.7 Å². The summed E-state index contributed by atoms with van der Waals surface area (Å²) in [5.74, 6) is 3.58. The van der Waals surface area contributed by atoms with E-state index in [1.54, 1.807) is 11.6 Å². The van der Waals surface area contributed by atoms with Gasteiger partial charge in [-0.25, -0.2) is 4.39 Å². The van der Waals surface area contributed by atoms with Gasteiger partial charge in [-0.2, -0.15) is 0 Å². The molecule has 0 heterocycles. The lowest BCUT2D eigenvalue weighted by Gasteiger charge is -2.38. The summed E-state index contributed by atoms with van der Waals surface area (Å²) < 4.78 is 12.1. The highest BCUT2D eigenvalue weighted by atomic mass is 19.1. The van der Waals surface area contributed by atoms with Crippen LogP contribution in [0.3, 0.4) is 0 Å². The summed E-state index contributed by atoms with van der Waals surface area (Å²) in [5.41, 5.74) is 3.02. The maximum atomic E-state index is 12.1. The van der Waals surface area contributed by atoms with Crippen LogP contribution in [0.5, 0.6) is 0 Å². The molecule has 0 spiro atoms. The van der Waals surface area contributed by atoms with E-state index in [0.717, 1.165) is 36.5 Å². The molecule has 2 aliphatic rings. The van der Waals surface area contributed by atoms with E-state index in [2.05, 4.69) is 31.2 Å². The molecule has 0 saturated heterocycles. The Morgan fingerprint density at radius 3 is 2.04 bits per heavy atom. The zero-order valence-corrected chi connectivity index (χ0v) is 15.9. The van der Waals surface area contributed by atoms with Crippen LogP contribution in [0.25, 0.3) is 0 Å². The molecule has 0 radical (unpaired) electrons. The Morgan fingerprint density at radius 2 is 1.48 bits per heavy atom. The van der Waals surface area contributed by atoms with Crippen molar-refractivity contribution in [1.82, 2.24) is 0 Å². The predicted molar refractivity (Wildman–Crippen MR) is 105 cm³/mol. The van der Waals surface area contributed by atoms with Crippen molar-refractivity contribution in [3.63, 3.8) is 0 Å². The van der Waals surface area contributed by atoms with E-state index < -0.39 is 0 Å². The molecular formula is C24H35F. The Labute approximate surface area is 153 Å². The van der Waals surface area contributed by atoms with Gasteiger partial charge in [0.1, 0.15) is 0 Å². The topological polar surface area (TPSA) is 0 Å². The summed E-state index contributed by atoms with van der Waals surface area (Å²) >= 11 is 0. The molecule has 1 heteroatoms. The average molecular weight is 343 g/mol. The first-order valence-corrected chi connectivity index (χ1v) is 10.6. The third kappa shape index (κ3) is 5.19. The largest absolute Gasteiger partial charge is 0.216 e. The number of rotatable bonds is 6. The molecule has 2 saturated carbocycles. The summed E-state index contributed by atoms with van der Waals surface area (Å²) in [5, 5.41) is 0. The molecule has 1 aromatic rings. The molecular weight excluding hydrogens is 307 g/mol. The zero-order chi connectivity index (χ0) is 17.5. The predicted octanol–water partition coefficient (Wildman–Crippen LogP) is 7.59. The normalized spacial score (nSPS) is 30.6. The van der Waals surface area contributed by atoms with E-state index in [-0.39, 0.29) is 0 Å². The Kier molecular flexibility index (Phi) is 7.13. The first-order valence-electron chi connectivity index (χ1n) is 10.6. The zero-order valence-electron chi connectivity index (χ0n) is 15.9. The van der Waals surface area contributed by atoms with Crippen molar-refractivity contribution in [3.05, 3.63) is 47.8 Å². The molecule has 2 fully saturated rings. The molecule has 0 amide bonds. The Hall–Kier alpha value is -1.11. The maximum Gasteiger partial charge on any atom is 0.0827 e. The van der Waals surface area contributed by atoms with Gasteiger partial charge in [-0.3, -0.25) is 0 Å². The summed E-state index contributed by atoms with van der Waals surface area (Å²) in [6.45, 7) is 2.23. The van der Waals surface area contributed by atoms with Crippen molar-refractivity contribution in [1.29, 1.82) is 0 Å². The SMILES string of the molecule is CCc1ccc(C2CCC([C@H]3CC[C@H](CC/C=C/F)CC3)CC2)cc1. The molecule has 3 rings (SSSR count). The van der Waals surface area contributed by atoms with Crippen molar-refractivity contribution in [2.75, 3.05) is 0 Å². The van der Waals surface area contributed by atoms with E-state index in [4.69, 9.17) is 0 Å². The van der Waals surface area contributed by atoms with Gasteiger partial charge in [-0.1, -0.05) is 50.1 Å². The van der Waals surface area contributed by atoms with Crippen LogP contribution in [0, 0.1) is 17.8 Å². The van der Waals surface area contributed by atoms with E-state index in [9.17, 15) is 4.39 Å². The van der Waals surface area contributed by atoms with Crippen LogP contribution in [-0.2, 0) is 6.42 Å². The van der Waals surface area contributed by atoms with Crippen molar-refractivity contribution >= 4 is 0 Å². The van der Waals surface area contributed by atoms with Crippen molar-refractivity contribution in [2.45, 2.75) is 83.5 Å². The fourth-order valence-corrected chi connectivity index (χ4v) is 5.29. The monoisotopic (exact) mass is 342 g/mol. The number of hydrogen-bond acceptors (Lipinski definition) is 0. The smallest absolute Gasteiger partial charge is 0.0827 e. The van der Waals surface area contributed by atoms with Gasteiger partial charge < -0.3 is 0 Å². The summed E-state index contributed by atoms with van der Waals surface area (Å²) in [4.78, 5) is 0. The molecule has 25 heavy (non-hydrogen) atoms. The van der Waals surface area contributed by atoms with E-state index in [1.807, 2.05) is 0 Å². The standard InChI is InChI=1S/C24H35F/c1-2-19-6-10-21(11-7-19)23-14-16-24(17-15-23)22-12-8-20(9-13-22)5-3-4-18-25/h4,6-7,10-11,18,20,22-24H,2-3,5,8-9,12-17H2,1H3/b18-4+/t20-,22-,23?,24?. The molecule has 2 aliphatic carbocycles. The lowest BCUT2D eigenvalue weighted by atomic mass is 9.68. The van der Waals surface area contributed by atoms with Crippen LogP contribution in [-0.4, -0.2) is 0 Å². The van der Waals surface area contributed by atoms with Crippen LogP contribution in [0.1, 0.15) is 88.2 Å². The van der Waals surface area contributed by atoms with Crippen molar-refractivity contribution < 1.29 is 4.39 Å². The second kappa shape index (κ2) is 9.55. The lowest BCUT2D eigenvalue weighted by Crippen LogP contribution is -2.25. The van der Waals surface area contributed by atoms with Gasteiger partial charge in [0.15, 0.2) is 0 Å².